The molecule has 2 N–H and O–H groups in total. The minimum atomic E-state index is -0.480. The summed E-state index contributed by atoms with van der Waals surface area (Å²) in [6, 6.07) is 0. The third-order valence-electron chi connectivity index (χ3n) is 3.66. The molecule has 0 atom stereocenters. The molecule has 0 aromatic heterocycles. The first kappa shape index (κ1) is 13.5. The van der Waals surface area contributed by atoms with E-state index in [1.165, 1.54) is 0 Å². The van der Waals surface area contributed by atoms with Gasteiger partial charge in [-0.15, -0.1) is 12.3 Å². The molecule has 0 bridgehead atoms. The van der Waals surface area contributed by atoms with Crippen LogP contribution in [0.3, 0.4) is 0 Å². The van der Waals surface area contributed by atoms with Crippen LogP contribution >= 0.6 is 0 Å². The standard InChI is InChI=1S/C14H25NO/c1-4-5-6-11-15-12-14(16)9-7-13(2,3)8-10-14/h1,15-16H,5-12H2,2-3H3. The molecule has 0 unspecified atom stereocenters. The largest absolute Gasteiger partial charge is 0.389 e. The molecule has 0 radical (unpaired) electrons. The molecule has 1 aliphatic carbocycles. The zero-order valence-electron chi connectivity index (χ0n) is 10.7. The van der Waals surface area contributed by atoms with E-state index in [2.05, 4.69) is 25.1 Å². The van der Waals surface area contributed by atoms with Gasteiger partial charge in [0.1, 0.15) is 0 Å². The van der Waals surface area contributed by atoms with Crippen molar-refractivity contribution in [1.82, 2.24) is 5.32 Å². The Labute approximate surface area is 99.8 Å². The number of hydrogen-bond donors (Lipinski definition) is 2. The Bertz CT molecular complexity index is 242. The Balaban J connectivity index is 2.19. The molecule has 92 valence electrons. The van der Waals surface area contributed by atoms with E-state index in [0.29, 0.717) is 12.0 Å². The molecule has 0 amide bonds. The Morgan fingerprint density at radius 1 is 1.25 bits per heavy atom. The molecular formula is C14H25NO. The van der Waals surface area contributed by atoms with Crippen LogP contribution in [-0.2, 0) is 0 Å². The van der Waals surface area contributed by atoms with E-state index >= 15 is 0 Å². The van der Waals surface area contributed by atoms with Crippen LogP contribution in [0, 0.1) is 17.8 Å². The summed E-state index contributed by atoms with van der Waals surface area (Å²) in [6.45, 7) is 6.20. The van der Waals surface area contributed by atoms with Gasteiger partial charge in [-0.05, 0) is 44.1 Å². The Hall–Kier alpha value is -0.520. The fraction of sp³-hybridized carbons (Fsp3) is 0.857. The van der Waals surface area contributed by atoms with E-state index in [4.69, 9.17) is 6.42 Å². The average Bonchev–Trinajstić information content (AvgIpc) is 2.23. The summed E-state index contributed by atoms with van der Waals surface area (Å²) in [5, 5.41) is 13.7. The Morgan fingerprint density at radius 2 is 1.88 bits per heavy atom. The smallest absolute Gasteiger partial charge is 0.0772 e. The van der Waals surface area contributed by atoms with E-state index in [1.807, 2.05) is 0 Å². The van der Waals surface area contributed by atoms with Crippen molar-refractivity contribution in [2.24, 2.45) is 5.41 Å². The van der Waals surface area contributed by atoms with Gasteiger partial charge in [0, 0.05) is 13.0 Å². The predicted octanol–water partition coefficient (Wildman–Crippen LogP) is 2.32. The van der Waals surface area contributed by atoms with Crippen molar-refractivity contribution in [1.29, 1.82) is 0 Å². The number of unbranched alkanes of at least 4 members (excludes halogenated alkanes) is 1. The summed E-state index contributed by atoms with van der Waals surface area (Å²) in [7, 11) is 0. The summed E-state index contributed by atoms with van der Waals surface area (Å²) in [5.74, 6) is 2.62. The maximum absolute atomic E-state index is 10.4. The molecule has 1 rings (SSSR count). The number of nitrogens with one attached hydrogen (secondary N) is 1. The molecule has 0 aromatic rings. The van der Waals surface area contributed by atoms with Crippen LogP contribution < -0.4 is 5.32 Å². The molecule has 0 spiro atoms. The monoisotopic (exact) mass is 223 g/mol. The number of hydrogen-bond acceptors (Lipinski definition) is 2. The fourth-order valence-electron chi connectivity index (χ4n) is 2.21. The SMILES string of the molecule is C#CCCCNCC1(O)CCC(C)(C)CC1. The molecule has 1 fully saturated rings. The van der Waals surface area contributed by atoms with Gasteiger partial charge >= 0.3 is 0 Å². The van der Waals surface area contributed by atoms with Gasteiger partial charge in [-0.1, -0.05) is 13.8 Å². The van der Waals surface area contributed by atoms with Gasteiger partial charge in [-0.25, -0.2) is 0 Å². The van der Waals surface area contributed by atoms with E-state index in [0.717, 1.165) is 45.1 Å². The van der Waals surface area contributed by atoms with Crippen molar-refractivity contribution in [3.05, 3.63) is 0 Å². The maximum atomic E-state index is 10.4. The molecule has 0 heterocycles. The first-order valence-electron chi connectivity index (χ1n) is 6.34. The predicted molar refractivity (Wildman–Crippen MR) is 68.1 cm³/mol. The highest BCUT2D eigenvalue weighted by atomic mass is 16.3. The second-order valence-corrected chi connectivity index (χ2v) is 5.87. The first-order valence-corrected chi connectivity index (χ1v) is 6.34. The summed E-state index contributed by atoms with van der Waals surface area (Å²) >= 11 is 0. The molecule has 1 aliphatic rings. The van der Waals surface area contributed by atoms with E-state index in [1.54, 1.807) is 0 Å². The van der Waals surface area contributed by atoms with Crippen molar-refractivity contribution < 1.29 is 5.11 Å². The molecule has 2 heteroatoms. The minimum Gasteiger partial charge on any atom is -0.389 e. The quantitative estimate of drug-likeness (QED) is 0.554. The van der Waals surface area contributed by atoms with Crippen molar-refractivity contribution in [2.75, 3.05) is 13.1 Å². The van der Waals surface area contributed by atoms with Gasteiger partial charge in [0.05, 0.1) is 5.60 Å². The van der Waals surface area contributed by atoms with Crippen LogP contribution in [-0.4, -0.2) is 23.8 Å². The van der Waals surface area contributed by atoms with E-state index in [9.17, 15) is 5.11 Å². The van der Waals surface area contributed by atoms with Crippen molar-refractivity contribution in [2.45, 2.75) is 58.0 Å². The van der Waals surface area contributed by atoms with Crippen molar-refractivity contribution >= 4 is 0 Å². The second-order valence-electron chi connectivity index (χ2n) is 5.87. The van der Waals surface area contributed by atoms with E-state index < -0.39 is 5.60 Å². The van der Waals surface area contributed by atoms with Gasteiger partial charge in [0.15, 0.2) is 0 Å². The molecule has 0 aromatic carbocycles. The van der Waals surface area contributed by atoms with Crippen molar-refractivity contribution in [3.63, 3.8) is 0 Å². The molecule has 1 saturated carbocycles. The van der Waals surface area contributed by atoms with Crippen LogP contribution in [0.1, 0.15) is 52.4 Å². The third kappa shape index (κ3) is 4.55. The maximum Gasteiger partial charge on any atom is 0.0772 e. The first-order chi connectivity index (χ1) is 7.47. The Kier molecular flexibility index (Phi) is 4.83. The summed E-state index contributed by atoms with van der Waals surface area (Å²) < 4.78 is 0. The molecular weight excluding hydrogens is 198 g/mol. The normalized spacial score (nSPS) is 22.6. The number of aliphatic hydroxyl groups is 1. The lowest BCUT2D eigenvalue weighted by Crippen LogP contribution is -2.45. The highest BCUT2D eigenvalue weighted by Gasteiger charge is 2.36. The lowest BCUT2D eigenvalue weighted by atomic mass is 9.71. The van der Waals surface area contributed by atoms with Gasteiger partial charge in [0.25, 0.3) is 0 Å². The van der Waals surface area contributed by atoms with Gasteiger partial charge < -0.3 is 10.4 Å². The minimum absolute atomic E-state index is 0.412. The number of rotatable bonds is 5. The molecule has 2 nitrogen and oxygen atoms in total. The Morgan fingerprint density at radius 3 is 2.44 bits per heavy atom. The summed E-state index contributed by atoms with van der Waals surface area (Å²) in [4.78, 5) is 0. The lowest BCUT2D eigenvalue weighted by molar-refractivity contribution is -0.0241. The van der Waals surface area contributed by atoms with E-state index in [-0.39, 0.29) is 0 Å². The van der Waals surface area contributed by atoms with Gasteiger partial charge in [-0.2, -0.15) is 0 Å². The highest BCUT2D eigenvalue weighted by molar-refractivity contribution is 4.90. The topological polar surface area (TPSA) is 32.3 Å². The summed E-state index contributed by atoms with van der Waals surface area (Å²) in [5.41, 5.74) is -0.0681. The highest BCUT2D eigenvalue weighted by Crippen LogP contribution is 2.39. The zero-order valence-corrected chi connectivity index (χ0v) is 10.7. The molecule has 16 heavy (non-hydrogen) atoms. The van der Waals surface area contributed by atoms with Gasteiger partial charge in [0.2, 0.25) is 0 Å². The van der Waals surface area contributed by atoms with Crippen molar-refractivity contribution in [3.8, 4) is 12.3 Å². The average molecular weight is 223 g/mol. The van der Waals surface area contributed by atoms with Crippen LogP contribution in [0.25, 0.3) is 0 Å². The second kappa shape index (κ2) is 5.70. The number of terminal acetylenes is 1. The van der Waals surface area contributed by atoms with Crippen LogP contribution in [0.2, 0.25) is 0 Å². The summed E-state index contributed by atoms with van der Waals surface area (Å²) in [6.07, 6.45) is 11.1. The third-order valence-corrected chi connectivity index (χ3v) is 3.66. The van der Waals surface area contributed by atoms with Crippen LogP contribution in [0.4, 0.5) is 0 Å². The van der Waals surface area contributed by atoms with Gasteiger partial charge in [-0.3, -0.25) is 0 Å². The zero-order chi connectivity index (χ0) is 12.1. The fourth-order valence-corrected chi connectivity index (χ4v) is 2.21. The van der Waals surface area contributed by atoms with Crippen LogP contribution in [0.15, 0.2) is 0 Å². The molecule has 0 saturated heterocycles. The lowest BCUT2D eigenvalue weighted by Gasteiger charge is -2.40. The van der Waals surface area contributed by atoms with Crippen LogP contribution in [0.5, 0.6) is 0 Å². The molecule has 0 aliphatic heterocycles.